The van der Waals surface area contributed by atoms with Crippen LogP contribution in [0, 0.1) is 16.7 Å². The van der Waals surface area contributed by atoms with Crippen molar-refractivity contribution in [1.29, 1.82) is 5.26 Å². The number of rotatable bonds is 6. The monoisotopic (exact) mass is 288 g/mol. The summed E-state index contributed by atoms with van der Waals surface area (Å²) in [4.78, 5) is 0. The lowest BCUT2D eigenvalue weighted by Crippen LogP contribution is -2.27. The van der Waals surface area contributed by atoms with Gasteiger partial charge in [0, 0.05) is 30.6 Å². The second kappa shape index (κ2) is 6.36. The van der Waals surface area contributed by atoms with Gasteiger partial charge >= 0.3 is 0 Å². The van der Waals surface area contributed by atoms with Gasteiger partial charge in [-0.05, 0) is 39.8 Å². The molecule has 21 heavy (non-hydrogen) atoms. The second-order valence-corrected chi connectivity index (χ2v) is 6.23. The fraction of sp³-hybridized carbons (Fsp3) is 0.588. The Labute approximate surface area is 127 Å². The van der Waals surface area contributed by atoms with E-state index in [1.54, 1.807) is 0 Å². The van der Waals surface area contributed by atoms with Crippen LogP contribution >= 0.6 is 0 Å². The minimum Gasteiger partial charge on any atom is -0.494 e. The van der Waals surface area contributed by atoms with Crippen molar-refractivity contribution >= 4 is 0 Å². The number of ether oxygens (including phenoxy) is 2. The van der Waals surface area contributed by atoms with Crippen molar-refractivity contribution in [2.24, 2.45) is 5.41 Å². The lowest BCUT2D eigenvalue weighted by molar-refractivity contribution is 0.254. The minimum absolute atomic E-state index is 0.232. The van der Waals surface area contributed by atoms with Gasteiger partial charge in [-0.25, -0.2) is 0 Å². The lowest BCUT2D eigenvalue weighted by atomic mass is 9.96. The molecule has 0 aliphatic carbocycles. The summed E-state index contributed by atoms with van der Waals surface area (Å²) in [7, 11) is 0. The van der Waals surface area contributed by atoms with Gasteiger partial charge in [-0.15, -0.1) is 0 Å². The Hall–Kier alpha value is -1.73. The molecule has 1 aliphatic heterocycles. The number of hydrogen-bond acceptors (Lipinski definition) is 4. The zero-order chi connectivity index (χ0) is 15.5. The minimum atomic E-state index is -0.368. The zero-order valence-electron chi connectivity index (χ0n) is 13.3. The van der Waals surface area contributed by atoms with E-state index in [2.05, 4.69) is 30.4 Å². The number of nitriles is 1. The van der Waals surface area contributed by atoms with Crippen molar-refractivity contribution in [3.8, 4) is 17.6 Å². The summed E-state index contributed by atoms with van der Waals surface area (Å²) in [5.74, 6) is 1.87. The number of benzene rings is 1. The number of fused-ring (bicyclic) bond motifs is 1. The van der Waals surface area contributed by atoms with Crippen molar-refractivity contribution in [2.75, 3.05) is 13.2 Å². The van der Waals surface area contributed by atoms with E-state index in [-0.39, 0.29) is 11.5 Å². The van der Waals surface area contributed by atoms with E-state index >= 15 is 0 Å². The van der Waals surface area contributed by atoms with Crippen molar-refractivity contribution in [3.05, 3.63) is 23.3 Å². The van der Waals surface area contributed by atoms with Crippen molar-refractivity contribution in [1.82, 2.24) is 5.32 Å². The van der Waals surface area contributed by atoms with Crippen LogP contribution in [0.15, 0.2) is 12.1 Å². The molecule has 1 aliphatic rings. The van der Waals surface area contributed by atoms with Gasteiger partial charge in [-0.3, -0.25) is 0 Å². The summed E-state index contributed by atoms with van der Waals surface area (Å²) in [6.45, 7) is 9.88. The summed E-state index contributed by atoms with van der Waals surface area (Å²) in [6.07, 6.45) is 1.17. The highest BCUT2D eigenvalue weighted by atomic mass is 16.5. The molecule has 4 heteroatoms. The van der Waals surface area contributed by atoms with Crippen LogP contribution in [-0.4, -0.2) is 19.3 Å². The molecule has 4 nitrogen and oxygen atoms in total. The highest BCUT2D eigenvalue weighted by Crippen LogP contribution is 2.35. The van der Waals surface area contributed by atoms with E-state index in [0.717, 1.165) is 23.5 Å². The molecular weight excluding hydrogens is 264 g/mol. The fourth-order valence-electron chi connectivity index (χ4n) is 2.46. The molecule has 0 amide bonds. The molecule has 0 aromatic heterocycles. The highest BCUT2D eigenvalue weighted by molar-refractivity contribution is 5.48. The van der Waals surface area contributed by atoms with Gasteiger partial charge < -0.3 is 14.8 Å². The predicted octanol–water partition coefficient (Wildman–Crippen LogP) is 3.05. The summed E-state index contributed by atoms with van der Waals surface area (Å²) in [5.41, 5.74) is 1.93. The Morgan fingerprint density at radius 3 is 2.90 bits per heavy atom. The first kappa shape index (κ1) is 15.7. The molecule has 0 radical (unpaired) electrons. The van der Waals surface area contributed by atoms with Crippen molar-refractivity contribution < 1.29 is 9.47 Å². The average Bonchev–Trinajstić information content (AvgIpc) is 2.78. The standard InChI is InChI=1S/C17H24N2O2/c1-5-20-15-7-13-6-12(2)21-16(13)8-14(15)9-19-11-17(3,4)10-18/h7-8,12,19H,5-6,9,11H2,1-4H3. The van der Waals surface area contributed by atoms with Gasteiger partial charge in [0.25, 0.3) is 0 Å². The third-order valence-electron chi connectivity index (χ3n) is 3.56. The summed E-state index contributed by atoms with van der Waals surface area (Å²) in [5, 5.41) is 12.4. The normalized spacial score (nSPS) is 17.0. The molecule has 2 rings (SSSR count). The van der Waals surface area contributed by atoms with Crippen LogP contribution in [0.25, 0.3) is 0 Å². The third-order valence-corrected chi connectivity index (χ3v) is 3.56. The predicted molar refractivity (Wildman–Crippen MR) is 82.5 cm³/mol. The SMILES string of the molecule is CCOc1cc2c(cc1CNCC(C)(C)C#N)OC(C)C2. The number of nitrogens with one attached hydrogen (secondary N) is 1. The Balaban J connectivity index is 2.11. The van der Waals surface area contributed by atoms with Gasteiger partial charge in [0.15, 0.2) is 0 Å². The van der Waals surface area contributed by atoms with Gasteiger partial charge in [0.2, 0.25) is 0 Å². The Morgan fingerprint density at radius 1 is 1.48 bits per heavy atom. The van der Waals surface area contributed by atoms with E-state index in [4.69, 9.17) is 14.7 Å². The van der Waals surface area contributed by atoms with Crippen LogP contribution in [0.4, 0.5) is 0 Å². The van der Waals surface area contributed by atoms with E-state index in [1.807, 2.05) is 20.8 Å². The number of nitrogens with zero attached hydrogens (tertiary/aromatic N) is 1. The molecule has 0 spiro atoms. The van der Waals surface area contributed by atoms with Crippen LogP contribution in [-0.2, 0) is 13.0 Å². The molecule has 1 aromatic carbocycles. The van der Waals surface area contributed by atoms with Gasteiger partial charge in [0.1, 0.15) is 17.6 Å². The topological polar surface area (TPSA) is 54.3 Å². The Kier molecular flexibility index (Phi) is 4.74. The van der Waals surface area contributed by atoms with Gasteiger partial charge in [-0.2, -0.15) is 5.26 Å². The maximum atomic E-state index is 9.05. The van der Waals surface area contributed by atoms with Crippen LogP contribution in [0.5, 0.6) is 11.5 Å². The van der Waals surface area contributed by atoms with E-state index in [1.165, 1.54) is 5.56 Å². The first-order valence-electron chi connectivity index (χ1n) is 7.52. The largest absolute Gasteiger partial charge is 0.494 e. The molecule has 1 heterocycles. The third kappa shape index (κ3) is 3.89. The first-order valence-corrected chi connectivity index (χ1v) is 7.52. The average molecular weight is 288 g/mol. The molecule has 1 aromatic rings. The molecule has 0 bridgehead atoms. The zero-order valence-corrected chi connectivity index (χ0v) is 13.3. The van der Waals surface area contributed by atoms with Crippen molar-refractivity contribution in [3.63, 3.8) is 0 Å². The summed E-state index contributed by atoms with van der Waals surface area (Å²) >= 11 is 0. The maximum Gasteiger partial charge on any atom is 0.124 e. The van der Waals surface area contributed by atoms with Crippen molar-refractivity contribution in [2.45, 2.75) is 46.8 Å². The molecule has 0 saturated heterocycles. The summed E-state index contributed by atoms with van der Waals surface area (Å²) in [6, 6.07) is 6.45. The van der Waals surface area contributed by atoms with Crippen LogP contribution < -0.4 is 14.8 Å². The quantitative estimate of drug-likeness (QED) is 0.874. The van der Waals surface area contributed by atoms with Crippen LogP contribution in [0.1, 0.15) is 38.8 Å². The fourth-order valence-corrected chi connectivity index (χ4v) is 2.46. The van der Waals surface area contributed by atoms with Gasteiger partial charge in [0.05, 0.1) is 18.1 Å². The molecule has 1 N–H and O–H groups in total. The van der Waals surface area contributed by atoms with E-state index in [9.17, 15) is 0 Å². The van der Waals surface area contributed by atoms with Gasteiger partial charge in [-0.1, -0.05) is 0 Å². The first-order chi connectivity index (χ1) is 9.95. The molecule has 1 unspecified atom stereocenters. The smallest absolute Gasteiger partial charge is 0.124 e. The second-order valence-electron chi connectivity index (χ2n) is 6.23. The molecule has 1 atom stereocenters. The molecule has 0 saturated carbocycles. The highest BCUT2D eigenvalue weighted by Gasteiger charge is 2.22. The molecular formula is C17H24N2O2. The maximum absolute atomic E-state index is 9.05. The van der Waals surface area contributed by atoms with Crippen LogP contribution in [0.2, 0.25) is 0 Å². The van der Waals surface area contributed by atoms with E-state index in [0.29, 0.717) is 19.7 Å². The molecule has 0 fully saturated rings. The Morgan fingerprint density at radius 2 is 2.24 bits per heavy atom. The lowest BCUT2D eigenvalue weighted by Gasteiger charge is -2.17. The Bertz CT molecular complexity index is 546. The van der Waals surface area contributed by atoms with E-state index < -0.39 is 0 Å². The molecule has 114 valence electrons. The number of hydrogen-bond donors (Lipinski definition) is 1. The van der Waals surface area contributed by atoms with Crippen LogP contribution in [0.3, 0.4) is 0 Å². The summed E-state index contributed by atoms with van der Waals surface area (Å²) < 4.78 is 11.6.